The summed E-state index contributed by atoms with van der Waals surface area (Å²) < 4.78 is 0. The van der Waals surface area contributed by atoms with E-state index in [-0.39, 0.29) is 0 Å². The Morgan fingerprint density at radius 1 is 1.10 bits per heavy atom. The molecule has 1 N–H and O–H groups in total. The quantitative estimate of drug-likeness (QED) is 0.541. The molecule has 0 spiro atoms. The standard InChI is InChI=1S/C24H28ClN5/c1-4-5-6-17(2)29-11-13-30(14-12-29)18(3)19-7-8-20-21(25)16-24(27-23(20)15-19)22-9-10-26-28-22/h7-10,15-16H,2-6,11-14H2,1H3,(H,26,28). The number of aromatic amines is 1. The molecule has 5 nitrogen and oxygen atoms in total. The monoisotopic (exact) mass is 421 g/mol. The van der Waals surface area contributed by atoms with Crippen LogP contribution >= 0.6 is 11.6 Å². The molecular formula is C24H28ClN5. The zero-order valence-corrected chi connectivity index (χ0v) is 18.3. The first-order chi connectivity index (χ1) is 14.6. The Labute approximate surface area is 183 Å². The Kier molecular flexibility index (Phi) is 6.09. The fourth-order valence-corrected chi connectivity index (χ4v) is 4.18. The van der Waals surface area contributed by atoms with Crippen LogP contribution in [0.5, 0.6) is 0 Å². The molecule has 156 valence electrons. The van der Waals surface area contributed by atoms with Crippen LogP contribution in [-0.4, -0.2) is 51.2 Å². The van der Waals surface area contributed by atoms with Crippen LogP contribution in [0.25, 0.3) is 28.0 Å². The first-order valence-electron chi connectivity index (χ1n) is 10.5. The van der Waals surface area contributed by atoms with Gasteiger partial charge in [-0.1, -0.05) is 50.2 Å². The number of pyridine rings is 1. The number of benzene rings is 1. The van der Waals surface area contributed by atoms with Crippen LogP contribution in [0, 0.1) is 0 Å². The van der Waals surface area contributed by atoms with Gasteiger partial charge in [0.1, 0.15) is 0 Å². The summed E-state index contributed by atoms with van der Waals surface area (Å²) in [5.74, 6) is 0. The van der Waals surface area contributed by atoms with E-state index in [4.69, 9.17) is 16.6 Å². The molecule has 0 bridgehead atoms. The average Bonchev–Trinajstić information content (AvgIpc) is 3.31. The van der Waals surface area contributed by atoms with Gasteiger partial charge in [-0.2, -0.15) is 5.10 Å². The molecular weight excluding hydrogens is 394 g/mol. The van der Waals surface area contributed by atoms with Crippen molar-refractivity contribution in [2.45, 2.75) is 26.2 Å². The second-order valence-corrected chi connectivity index (χ2v) is 8.19. The number of aromatic nitrogens is 3. The molecule has 30 heavy (non-hydrogen) atoms. The molecule has 1 aromatic carbocycles. The summed E-state index contributed by atoms with van der Waals surface area (Å²) in [6.45, 7) is 14.7. The van der Waals surface area contributed by atoms with Gasteiger partial charge < -0.3 is 9.80 Å². The van der Waals surface area contributed by atoms with Crippen molar-refractivity contribution in [1.82, 2.24) is 25.0 Å². The largest absolute Gasteiger partial charge is 0.372 e. The van der Waals surface area contributed by atoms with Gasteiger partial charge in [0.15, 0.2) is 0 Å². The van der Waals surface area contributed by atoms with E-state index in [1.807, 2.05) is 18.2 Å². The van der Waals surface area contributed by atoms with E-state index in [0.29, 0.717) is 5.02 Å². The summed E-state index contributed by atoms with van der Waals surface area (Å²) in [6.07, 6.45) is 5.22. The lowest BCUT2D eigenvalue weighted by Crippen LogP contribution is -2.44. The summed E-state index contributed by atoms with van der Waals surface area (Å²) in [7, 11) is 0. The molecule has 0 atom stereocenters. The van der Waals surface area contributed by atoms with E-state index in [2.05, 4.69) is 52.2 Å². The lowest BCUT2D eigenvalue weighted by Gasteiger charge is -2.39. The number of allylic oxidation sites excluding steroid dienone is 1. The number of rotatable bonds is 7. The highest BCUT2D eigenvalue weighted by Crippen LogP contribution is 2.30. The van der Waals surface area contributed by atoms with Crippen LogP contribution in [0.1, 0.15) is 31.7 Å². The first kappa shape index (κ1) is 20.5. The van der Waals surface area contributed by atoms with Crippen molar-refractivity contribution in [3.05, 3.63) is 66.0 Å². The molecule has 3 aromatic rings. The van der Waals surface area contributed by atoms with Crippen LogP contribution in [0.15, 0.2) is 55.4 Å². The predicted octanol–water partition coefficient (Wildman–Crippen LogP) is 5.57. The second kappa shape index (κ2) is 8.92. The molecule has 1 saturated heterocycles. The summed E-state index contributed by atoms with van der Waals surface area (Å²) in [5.41, 5.74) is 5.86. The third-order valence-electron chi connectivity index (χ3n) is 5.80. The number of nitrogens with one attached hydrogen (secondary N) is 1. The zero-order chi connectivity index (χ0) is 21.1. The van der Waals surface area contributed by atoms with Crippen LogP contribution in [0.4, 0.5) is 0 Å². The molecule has 0 unspecified atom stereocenters. The van der Waals surface area contributed by atoms with Gasteiger partial charge in [0, 0.05) is 49.2 Å². The average molecular weight is 422 g/mol. The number of piperazine rings is 1. The molecule has 1 aliphatic rings. The maximum Gasteiger partial charge on any atom is 0.0902 e. The van der Waals surface area contributed by atoms with Crippen LogP contribution < -0.4 is 0 Å². The first-order valence-corrected chi connectivity index (χ1v) is 10.9. The molecule has 1 fully saturated rings. The topological polar surface area (TPSA) is 48.0 Å². The van der Waals surface area contributed by atoms with E-state index in [1.165, 1.54) is 18.5 Å². The maximum atomic E-state index is 6.52. The summed E-state index contributed by atoms with van der Waals surface area (Å²) in [5, 5.41) is 8.58. The van der Waals surface area contributed by atoms with Gasteiger partial charge in [-0.25, -0.2) is 4.98 Å². The number of H-pyrrole nitrogens is 1. The van der Waals surface area contributed by atoms with Gasteiger partial charge in [0.25, 0.3) is 0 Å². The molecule has 2 aromatic heterocycles. The number of hydrogen-bond donors (Lipinski definition) is 1. The Balaban J connectivity index is 1.50. The maximum absolute atomic E-state index is 6.52. The van der Waals surface area contributed by atoms with E-state index < -0.39 is 0 Å². The van der Waals surface area contributed by atoms with Crippen molar-refractivity contribution in [2.75, 3.05) is 26.2 Å². The van der Waals surface area contributed by atoms with Crippen molar-refractivity contribution in [3.8, 4) is 11.4 Å². The second-order valence-electron chi connectivity index (χ2n) is 7.78. The molecule has 3 heterocycles. The minimum atomic E-state index is 0.681. The SMILES string of the molecule is C=C(CCCC)N1CCN(C(=C)c2ccc3c(Cl)cc(-c4ccn[nH]4)nc3c2)CC1. The molecule has 6 heteroatoms. The van der Waals surface area contributed by atoms with Crippen molar-refractivity contribution >= 4 is 28.2 Å². The molecule has 1 aliphatic heterocycles. The van der Waals surface area contributed by atoms with Crippen LogP contribution in [-0.2, 0) is 0 Å². The van der Waals surface area contributed by atoms with Gasteiger partial charge in [0.2, 0.25) is 0 Å². The molecule has 0 radical (unpaired) electrons. The normalized spacial score (nSPS) is 14.3. The predicted molar refractivity (Wildman–Crippen MR) is 125 cm³/mol. The third kappa shape index (κ3) is 4.21. The highest BCUT2D eigenvalue weighted by Gasteiger charge is 2.20. The third-order valence-corrected chi connectivity index (χ3v) is 6.11. The highest BCUT2D eigenvalue weighted by atomic mass is 35.5. The summed E-state index contributed by atoms with van der Waals surface area (Å²) in [4.78, 5) is 9.56. The van der Waals surface area contributed by atoms with E-state index in [9.17, 15) is 0 Å². The minimum Gasteiger partial charge on any atom is -0.372 e. The summed E-state index contributed by atoms with van der Waals surface area (Å²) in [6, 6.07) is 9.96. The lowest BCUT2D eigenvalue weighted by molar-refractivity contribution is 0.209. The molecule has 4 rings (SSSR count). The molecule has 0 saturated carbocycles. The van der Waals surface area contributed by atoms with Crippen LogP contribution in [0.2, 0.25) is 5.02 Å². The Morgan fingerprint density at radius 3 is 2.57 bits per heavy atom. The van der Waals surface area contributed by atoms with Gasteiger partial charge in [-0.3, -0.25) is 5.10 Å². The number of hydrogen-bond acceptors (Lipinski definition) is 4. The fraction of sp³-hybridized carbons (Fsp3) is 0.333. The number of unbranched alkanes of at least 4 members (excludes halogenated alkanes) is 1. The van der Waals surface area contributed by atoms with Crippen molar-refractivity contribution < 1.29 is 0 Å². The minimum absolute atomic E-state index is 0.681. The lowest BCUT2D eigenvalue weighted by atomic mass is 10.1. The van der Waals surface area contributed by atoms with Gasteiger partial charge in [0.05, 0.1) is 21.9 Å². The van der Waals surface area contributed by atoms with E-state index in [0.717, 1.165) is 66.2 Å². The van der Waals surface area contributed by atoms with Gasteiger partial charge in [-0.15, -0.1) is 0 Å². The molecule has 0 amide bonds. The summed E-state index contributed by atoms with van der Waals surface area (Å²) >= 11 is 6.52. The van der Waals surface area contributed by atoms with Gasteiger partial charge >= 0.3 is 0 Å². The fourth-order valence-electron chi connectivity index (χ4n) is 3.92. The van der Waals surface area contributed by atoms with E-state index >= 15 is 0 Å². The van der Waals surface area contributed by atoms with Crippen molar-refractivity contribution in [3.63, 3.8) is 0 Å². The Hall–Kier alpha value is -2.79. The van der Waals surface area contributed by atoms with Crippen molar-refractivity contribution in [1.29, 1.82) is 0 Å². The zero-order valence-electron chi connectivity index (χ0n) is 17.5. The number of halogens is 1. The van der Waals surface area contributed by atoms with Crippen LogP contribution in [0.3, 0.4) is 0 Å². The Bertz CT molecular complexity index is 1050. The van der Waals surface area contributed by atoms with Crippen molar-refractivity contribution in [2.24, 2.45) is 0 Å². The Morgan fingerprint density at radius 2 is 1.87 bits per heavy atom. The molecule has 0 aliphatic carbocycles. The number of nitrogens with zero attached hydrogens (tertiary/aromatic N) is 4. The number of fused-ring (bicyclic) bond motifs is 1. The smallest absolute Gasteiger partial charge is 0.0902 e. The highest BCUT2D eigenvalue weighted by molar-refractivity contribution is 6.35. The van der Waals surface area contributed by atoms with E-state index in [1.54, 1.807) is 6.20 Å². The van der Waals surface area contributed by atoms with Gasteiger partial charge in [-0.05, 0) is 36.6 Å².